The van der Waals surface area contributed by atoms with Crippen molar-refractivity contribution >= 4 is 15.9 Å². The van der Waals surface area contributed by atoms with Crippen molar-refractivity contribution in [1.82, 2.24) is 14.5 Å². The predicted octanol–water partition coefficient (Wildman–Crippen LogP) is 1.48. The Morgan fingerprint density at radius 3 is 2.37 bits per heavy atom. The fourth-order valence-corrected chi connectivity index (χ4v) is 5.27. The molecule has 1 saturated carbocycles. The van der Waals surface area contributed by atoms with E-state index in [2.05, 4.69) is 22.3 Å². The summed E-state index contributed by atoms with van der Waals surface area (Å²) < 4.78 is 26.6. The van der Waals surface area contributed by atoms with Crippen LogP contribution in [0.15, 0.2) is 30.3 Å². The Hall–Kier alpha value is -1.44. The van der Waals surface area contributed by atoms with Crippen molar-refractivity contribution in [2.24, 2.45) is 5.92 Å². The molecule has 2 fully saturated rings. The first-order chi connectivity index (χ1) is 13.0. The lowest BCUT2D eigenvalue weighted by molar-refractivity contribution is -0.124. The average Bonchev–Trinajstić information content (AvgIpc) is 3.22. The molecule has 1 aliphatic heterocycles. The molecule has 27 heavy (non-hydrogen) atoms. The molecule has 6 nitrogen and oxygen atoms in total. The van der Waals surface area contributed by atoms with E-state index in [1.165, 1.54) is 5.56 Å². The maximum absolute atomic E-state index is 12.5. The summed E-state index contributed by atoms with van der Waals surface area (Å²) in [6.07, 6.45) is 5.06. The normalized spacial score (nSPS) is 20.0. The van der Waals surface area contributed by atoms with E-state index in [0.717, 1.165) is 51.7 Å². The smallest absolute Gasteiger partial charge is 0.223 e. The first-order valence-electron chi connectivity index (χ1n) is 10.1. The Kier molecular flexibility index (Phi) is 7.26. The number of nitrogens with zero attached hydrogens (tertiary/aromatic N) is 2. The lowest BCUT2D eigenvalue weighted by Crippen LogP contribution is -2.50. The van der Waals surface area contributed by atoms with Gasteiger partial charge in [0.05, 0.1) is 5.75 Å². The Balaban J connectivity index is 1.36. The van der Waals surface area contributed by atoms with E-state index >= 15 is 0 Å². The van der Waals surface area contributed by atoms with Crippen LogP contribution in [0.3, 0.4) is 0 Å². The third kappa shape index (κ3) is 6.02. The van der Waals surface area contributed by atoms with Gasteiger partial charge in [-0.05, 0) is 24.8 Å². The van der Waals surface area contributed by atoms with Gasteiger partial charge in [0, 0.05) is 45.2 Å². The van der Waals surface area contributed by atoms with E-state index in [1.807, 2.05) is 18.2 Å². The Labute approximate surface area is 163 Å². The van der Waals surface area contributed by atoms with Crippen molar-refractivity contribution in [3.8, 4) is 0 Å². The van der Waals surface area contributed by atoms with Crippen LogP contribution < -0.4 is 5.32 Å². The third-order valence-corrected chi connectivity index (χ3v) is 7.54. The summed E-state index contributed by atoms with van der Waals surface area (Å²) in [5, 5.41) is 2.81. The van der Waals surface area contributed by atoms with Crippen LogP contribution in [0.5, 0.6) is 0 Å². The zero-order chi connectivity index (χ0) is 19.1. The van der Waals surface area contributed by atoms with Crippen LogP contribution in [0.4, 0.5) is 0 Å². The lowest BCUT2D eigenvalue weighted by atomic mass is 10.1. The van der Waals surface area contributed by atoms with Crippen LogP contribution in [0.25, 0.3) is 0 Å². The predicted molar refractivity (Wildman–Crippen MR) is 107 cm³/mol. The number of amides is 1. The van der Waals surface area contributed by atoms with Crippen LogP contribution in [-0.4, -0.2) is 68.6 Å². The molecule has 1 saturated heterocycles. The van der Waals surface area contributed by atoms with Crippen LogP contribution in [0.2, 0.25) is 0 Å². The molecule has 0 radical (unpaired) electrons. The van der Waals surface area contributed by atoms with Crippen molar-refractivity contribution in [3.63, 3.8) is 0 Å². The van der Waals surface area contributed by atoms with E-state index in [1.54, 1.807) is 4.31 Å². The van der Waals surface area contributed by atoms with Crippen molar-refractivity contribution < 1.29 is 13.2 Å². The Morgan fingerprint density at radius 2 is 1.70 bits per heavy atom. The second kappa shape index (κ2) is 9.66. The molecular formula is C20H31N3O3S. The minimum atomic E-state index is -3.30. The summed E-state index contributed by atoms with van der Waals surface area (Å²) in [5.41, 5.74) is 1.31. The van der Waals surface area contributed by atoms with Gasteiger partial charge in [-0.25, -0.2) is 8.42 Å². The molecular weight excluding hydrogens is 362 g/mol. The molecule has 0 unspecified atom stereocenters. The SMILES string of the molecule is O=C(NCCS(=O)(=O)N1CCN(CCc2ccccc2)CC1)C1CCCC1. The molecule has 0 bridgehead atoms. The number of sulfonamides is 1. The molecule has 3 rings (SSSR count). The largest absolute Gasteiger partial charge is 0.355 e. The van der Waals surface area contributed by atoms with Gasteiger partial charge in [-0.3, -0.25) is 4.79 Å². The highest BCUT2D eigenvalue weighted by molar-refractivity contribution is 7.89. The highest BCUT2D eigenvalue weighted by Crippen LogP contribution is 2.24. The number of hydrogen-bond donors (Lipinski definition) is 1. The summed E-state index contributed by atoms with van der Waals surface area (Å²) in [7, 11) is -3.30. The number of carbonyl (C=O) groups is 1. The molecule has 1 aromatic rings. The highest BCUT2D eigenvalue weighted by atomic mass is 32.2. The molecule has 1 amide bonds. The minimum Gasteiger partial charge on any atom is -0.355 e. The van der Waals surface area contributed by atoms with Crippen LogP contribution in [-0.2, 0) is 21.2 Å². The van der Waals surface area contributed by atoms with Gasteiger partial charge in [-0.2, -0.15) is 4.31 Å². The standard InChI is InChI=1S/C20H31N3O3S/c24-20(19-8-4-5-9-19)21-11-17-27(25,26)23-15-13-22(14-16-23)12-10-18-6-2-1-3-7-18/h1-3,6-7,19H,4-5,8-17H2,(H,21,24). The van der Waals surface area contributed by atoms with Gasteiger partial charge in [0.2, 0.25) is 15.9 Å². The monoisotopic (exact) mass is 393 g/mol. The fourth-order valence-electron chi connectivity index (χ4n) is 3.93. The topological polar surface area (TPSA) is 69.7 Å². The molecule has 7 heteroatoms. The van der Waals surface area contributed by atoms with E-state index in [4.69, 9.17) is 0 Å². The summed E-state index contributed by atoms with van der Waals surface area (Å²) in [6.45, 7) is 3.77. The van der Waals surface area contributed by atoms with E-state index in [-0.39, 0.29) is 24.1 Å². The zero-order valence-corrected chi connectivity index (χ0v) is 16.8. The van der Waals surface area contributed by atoms with E-state index in [9.17, 15) is 13.2 Å². The quantitative estimate of drug-likeness (QED) is 0.726. The van der Waals surface area contributed by atoms with Crippen LogP contribution in [0.1, 0.15) is 31.2 Å². The van der Waals surface area contributed by atoms with Crippen molar-refractivity contribution in [3.05, 3.63) is 35.9 Å². The van der Waals surface area contributed by atoms with E-state index < -0.39 is 10.0 Å². The van der Waals surface area contributed by atoms with Crippen molar-refractivity contribution in [1.29, 1.82) is 0 Å². The number of hydrogen-bond acceptors (Lipinski definition) is 4. The van der Waals surface area contributed by atoms with Gasteiger partial charge in [-0.1, -0.05) is 43.2 Å². The number of piperazine rings is 1. The molecule has 1 N–H and O–H groups in total. The lowest BCUT2D eigenvalue weighted by Gasteiger charge is -2.34. The second-order valence-electron chi connectivity index (χ2n) is 7.56. The molecule has 0 atom stereocenters. The molecule has 1 heterocycles. The maximum Gasteiger partial charge on any atom is 0.223 e. The number of carbonyl (C=O) groups excluding carboxylic acids is 1. The van der Waals surface area contributed by atoms with E-state index in [0.29, 0.717) is 13.1 Å². The molecule has 2 aliphatic rings. The van der Waals surface area contributed by atoms with Gasteiger partial charge in [0.1, 0.15) is 0 Å². The number of benzene rings is 1. The zero-order valence-electron chi connectivity index (χ0n) is 16.0. The number of rotatable bonds is 8. The third-order valence-electron chi connectivity index (χ3n) is 5.67. The summed E-state index contributed by atoms with van der Waals surface area (Å²) in [6, 6.07) is 10.4. The summed E-state index contributed by atoms with van der Waals surface area (Å²) in [4.78, 5) is 14.3. The van der Waals surface area contributed by atoms with Crippen molar-refractivity contribution in [2.45, 2.75) is 32.1 Å². The number of nitrogens with one attached hydrogen (secondary N) is 1. The van der Waals surface area contributed by atoms with Crippen molar-refractivity contribution in [2.75, 3.05) is 45.0 Å². The fraction of sp³-hybridized carbons (Fsp3) is 0.650. The average molecular weight is 394 g/mol. The molecule has 0 spiro atoms. The molecule has 0 aromatic heterocycles. The second-order valence-corrected chi connectivity index (χ2v) is 9.65. The first-order valence-corrected chi connectivity index (χ1v) is 11.7. The Bertz CT molecular complexity index is 694. The Morgan fingerprint density at radius 1 is 1.04 bits per heavy atom. The van der Waals surface area contributed by atoms with Gasteiger partial charge >= 0.3 is 0 Å². The molecule has 150 valence electrons. The molecule has 1 aliphatic carbocycles. The maximum atomic E-state index is 12.5. The van der Waals surface area contributed by atoms with Gasteiger partial charge in [0.15, 0.2) is 0 Å². The van der Waals surface area contributed by atoms with Gasteiger partial charge in [-0.15, -0.1) is 0 Å². The van der Waals surface area contributed by atoms with Crippen LogP contribution in [0, 0.1) is 5.92 Å². The first kappa shape index (κ1) is 20.3. The summed E-state index contributed by atoms with van der Waals surface area (Å²) in [5.74, 6) is 0.101. The highest BCUT2D eigenvalue weighted by Gasteiger charge is 2.27. The van der Waals surface area contributed by atoms with Crippen LogP contribution >= 0.6 is 0 Å². The summed E-state index contributed by atoms with van der Waals surface area (Å²) >= 11 is 0. The molecule has 1 aromatic carbocycles. The minimum absolute atomic E-state index is 0.00449. The van der Waals surface area contributed by atoms with Gasteiger partial charge < -0.3 is 10.2 Å². The van der Waals surface area contributed by atoms with Gasteiger partial charge in [0.25, 0.3) is 0 Å².